The maximum absolute atomic E-state index is 6.31. The highest BCUT2D eigenvalue weighted by molar-refractivity contribution is 6.20. The number of benzene rings is 4. The molecule has 0 aliphatic rings. The van der Waals surface area contributed by atoms with E-state index in [4.69, 9.17) is 18.6 Å². The van der Waals surface area contributed by atoms with Crippen molar-refractivity contribution in [2.45, 2.75) is 26.9 Å². The highest BCUT2D eigenvalue weighted by Gasteiger charge is 2.22. The van der Waals surface area contributed by atoms with E-state index >= 15 is 0 Å². The van der Waals surface area contributed by atoms with E-state index in [1.807, 2.05) is 61.5 Å². The molecule has 36 heavy (non-hydrogen) atoms. The molecule has 180 valence electrons. The highest BCUT2D eigenvalue weighted by Crippen LogP contribution is 2.43. The SMILES string of the molecule is Cc1c(OCOCc2ccccc2)c2c3ccccc3n(COCc3ccccc3)c2c2ccoc12. The van der Waals surface area contributed by atoms with Gasteiger partial charge in [0.25, 0.3) is 0 Å². The zero-order chi connectivity index (χ0) is 24.3. The Hall–Kier alpha value is -4.06. The Bertz CT molecular complexity index is 1620. The average Bonchev–Trinajstić information content (AvgIpc) is 3.53. The lowest BCUT2D eigenvalue weighted by Gasteiger charge is -2.14. The number of hydrogen-bond donors (Lipinski definition) is 0. The zero-order valence-electron chi connectivity index (χ0n) is 20.1. The lowest BCUT2D eigenvalue weighted by molar-refractivity contribution is 0.00561. The minimum atomic E-state index is 0.140. The maximum atomic E-state index is 6.31. The van der Waals surface area contributed by atoms with Crippen molar-refractivity contribution >= 4 is 32.8 Å². The summed E-state index contributed by atoms with van der Waals surface area (Å²) in [7, 11) is 0. The van der Waals surface area contributed by atoms with Crippen molar-refractivity contribution in [1.82, 2.24) is 4.57 Å². The number of ether oxygens (including phenoxy) is 3. The van der Waals surface area contributed by atoms with E-state index in [-0.39, 0.29) is 6.79 Å². The van der Waals surface area contributed by atoms with Crippen LogP contribution in [-0.2, 0) is 29.4 Å². The van der Waals surface area contributed by atoms with E-state index in [0.29, 0.717) is 19.9 Å². The molecule has 0 saturated heterocycles. The van der Waals surface area contributed by atoms with Crippen LogP contribution in [-0.4, -0.2) is 11.4 Å². The molecule has 4 aromatic carbocycles. The molecule has 6 rings (SSSR count). The molecule has 0 amide bonds. The molecule has 0 aliphatic heterocycles. The number of fused-ring (bicyclic) bond motifs is 5. The fraction of sp³-hybridized carbons (Fsp3) is 0.161. The van der Waals surface area contributed by atoms with Crippen LogP contribution in [0.4, 0.5) is 0 Å². The first-order valence-corrected chi connectivity index (χ1v) is 12.1. The molecule has 0 saturated carbocycles. The maximum Gasteiger partial charge on any atom is 0.189 e. The van der Waals surface area contributed by atoms with Crippen molar-refractivity contribution in [3.05, 3.63) is 114 Å². The molecule has 0 radical (unpaired) electrons. The number of aryl methyl sites for hydroxylation is 1. The lowest BCUT2D eigenvalue weighted by Crippen LogP contribution is -2.05. The molecule has 2 heterocycles. The first-order chi connectivity index (χ1) is 17.8. The zero-order valence-corrected chi connectivity index (χ0v) is 20.1. The molecule has 0 unspecified atom stereocenters. The van der Waals surface area contributed by atoms with E-state index in [2.05, 4.69) is 41.0 Å². The molecule has 6 aromatic rings. The van der Waals surface area contributed by atoms with Gasteiger partial charge in [0.15, 0.2) is 6.79 Å². The second-order valence-electron chi connectivity index (χ2n) is 8.85. The van der Waals surface area contributed by atoms with E-state index in [0.717, 1.165) is 55.2 Å². The normalized spacial score (nSPS) is 11.6. The third kappa shape index (κ3) is 4.13. The minimum absolute atomic E-state index is 0.140. The average molecular weight is 478 g/mol. The molecule has 0 atom stereocenters. The predicted octanol–water partition coefficient (Wildman–Crippen LogP) is 7.58. The largest absolute Gasteiger partial charge is 0.466 e. The van der Waals surface area contributed by atoms with Crippen molar-refractivity contribution in [2.24, 2.45) is 0 Å². The van der Waals surface area contributed by atoms with Gasteiger partial charge < -0.3 is 23.2 Å². The van der Waals surface area contributed by atoms with E-state index < -0.39 is 0 Å². The van der Waals surface area contributed by atoms with Crippen molar-refractivity contribution in [2.75, 3.05) is 6.79 Å². The van der Waals surface area contributed by atoms with Crippen LogP contribution in [0.3, 0.4) is 0 Å². The molecule has 0 N–H and O–H groups in total. The summed E-state index contributed by atoms with van der Waals surface area (Å²) in [5, 5.41) is 3.20. The summed E-state index contributed by atoms with van der Waals surface area (Å²) in [6.07, 6.45) is 1.74. The van der Waals surface area contributed by atoms with Crippen molar-refractivity contribution in [3.8, 4) is 5.75 Å². The second kappa shape index (κ2) is 9.90. The summed E-state index contributed by atoms with van der Waals surface area (Å²) in [6, 6.07) is 30.7. The summed E-state index contributed by atoms with van der Waals surface area (Å²) in [5.74, 6) is 0.776. The number of furan rings is 1. The van der Waals surface area contributed by atoms with Crippen LogP contribution in [0, 0.1) is 6.92 Å². The number of rotatable bonds is 9. The minimum Gasteiger partial charge on any atom is -0.466 e. The molecular weight excluding hydrogens is 450 g/mol. The van der Waals surface area contributed by atoms with Crippen LogP contribution in [0.5, 0.6) is 5.75 Å². The lowest BCUT2D eigenvalue weighted by atomic mass is 10.0. The van der Waals surface area contributed by atoms with E-state index in [1.165, 1.54) is 0 Å². The van der Waals surface area contributed by atoms with E-state index in [9.17, 15) is 0 Å². The molecule has 5 heteroatoms. The number of hydrogen-bond acceptors (Lipinski definition) is 4. The van der Waals surface area contributed by atoms with Crippen LogP contribution in [0.15, 0.2) is 102 Å². The number of aromatic nitrogens is 1. The van der Waals surface area contributed by atoms with Crippen LogP contribution in [0.25, 0.3) is 32.8 Å². The van der Waals surface area contributed by atoms with Crippen molar-refractivity contribution < 1.29 is 18.6 Å². The third-order valence-corrected chi connectivity index (χ3v) is 6.53. The fourth-order valence-electron chi connectivity index (χ4n) is 4.87. The second-order valence-corrected chi connectivity index (χ2v) is 8.85. The van der Waals surface area contributed by atoms with Crippen LogP contribution >= 0.6 is 0 Å². The Morgan fingerprint density at radius 2 is 1.39 bits per heavy atom. The van der Waals surface area contributed by atoms with Gasteiger partial charge in [-0.3, -0.25) is 0 Å². The summed E-state index contributed by atoms with van der Waals surface area (Å²) in [4.78, 5) is 0. The van der Waals surface area contributed by atoms with Gasteiger partial charge in [-0.15, -0.1) is 0 Å². The van der Waals surface area contributed by atoms with Gasteiger partial charge in [-0.25, -0.2) is 0 Å². The Labute approximate surface area is 209 Å². The Morgan fingerprint density at radius 1 is 0.722 bits per heavy atom. The molecule has 0 aliphatic carbocycles. The quantitative estimate of drug-likeness (QED) is 0.159. The Morgan fingerprint density at radius 3 is 2.14 bits per heavy atom. The van der Waals surface area contributed by atoms with Crippen LogP contribution in [0.1, 0.15) is 16.7 Å². The van der Waals surface area contributed by atoms with Gasteiger partial charge in [-0.2, -0.15) is 0 Å². The van der Waals surface area contributed by atoms with Gasteiger partial charge in [0.05, 0.1) is 35.9 Å². The van der Waals surface area contributed by atoms with Gasteiger partial charge in [-0.1, -0.05) is 78.9 Å². The topological polar surface area (TPSA) is 45.8 Å². The van der Waals surface area contributed by atoms with Gasteiger partial charge >= 0.3 is 0 Å². The molecular formula is C31H27NO4. The predicted molar refractivity (Wildman–Crippen MR) is 142 cm³/mol. The van der Waals surface area contributed by atoms with Gasteiger partial charge in [0, 0.05) is 16.3 Å². The first kappa shape index (κ1) is 22.4. The Kier molecular flexibility index (Phi) is 6.16. The summed E-state index contributed by atoms with van der Waals surface area (Å²) < 4.78 is 26.5. The fourth-order valence-corrected chi connectivity index (χ4v) is 4.87. The van der Waals surface area contributed by atoms with Crippen LogP contribution < -0.4 is 4.74 Å². The summed E-state index contributed by atoms with van der Waals surface area (Å²) in [6.45, 7) is 3.61. The third-order valence-electron chi connectivity index (χ3n) is 6.53. The highest BCUT2D eigenvalue weighted by atomic mass is 16.7. The molecule has 0 bridgehead atoms. The molecule has 2 aromatic heterocycles. The van der Waals surface area contributed by atoms with Gasteiger partial charge in [0.2, 0.25) is 0 Å². The molecule has 5 nitrogen and oxygen atoms in total. The van der Waals surface area contributed by atoms with Crippen LogP contribution in [0.2, 0.25) is 0 Å². The van der Waals surface area contributed by atoms with Gasteiger partial charge in [-0.05, 0) is 30.2 Å². The smallest absolute Gasteiger partial charge is 0.189 e. The Balaban J connectivity index is 1.38. The van der Waals surface area contributed by atoms with Crippen molar-refractivity contribution in [3.63, 3.8) is 0 Å². The molecule has 0 fully saturated rings. The van der Waals surface area contributed by atoms with Crippen molar-refractivity contribution in [1.29, 1.82) is 0 Å². The summed E-state index contributed by atoms with van der Waals surface area (Å²) >= 11 is 0. The monoisotopic (exact) mass is 477 g/mol. The first-order valence-electron chi connectivity index (χ1n) is 12.1. The number of nitrogens with zero attached hydrogens (tertiary/aromatic N) is 1. The van der Waals surface area contributed by atoms with Gasteiger partial charge in [0.1, 0.15) is 18.1 Å². The van der Waals surface area contributed by atoms with E-state index in [1.54, 1.807) is 6.26 Å². The standard InChI is InChI=1S/C31H27NO4/c1-22-30-26(16-17-35-30)29-28(31(22)36-21-34-19-24-12-6-3-7-13-24)25-14-8-9-15-27(25)32(29)20-33-18-23-10-4-2-5-11-23/h2-17H,18-21H2,1H3. The molecule has 0 spiro atoms. The summed E-state index contributed by atoms with van der Waals surface area (Å²) in [5.41, 5.74) is 6.14. The number of para-hydroxylation sites is 1.